The van der Waals surface area contributed by atoms with Crippen molar-refractivity contribution in [2.24, 2.45) is 5.10 Å². The number of hydrogen-bond donors (Lipinski definition) is 1. The molecule has 0 unspecified atom stereocenters. The first kappa shape index (κ1) is 15.9. The molecular formula is C18H18N2O4. The van der Waals surface area contributed by atoms with Crippen LogP contribution in [0, 0.1) is 0 Å². The van der Waals surface area contributed by atoms with E-state index in [1.807, 2.05) is 43.3 Å². The van der Waals surface area contributed by atoms with Gasteiger partial charge >= 0.3 is 0 Å². The zero-order valence-corrected chi connectivity index (χ0v) is 13.5. The molecule has 0 radical (unpaired) electrons. The molecule has 1 heterocycles. The van der Waals surface area contributed by atoms with E-state index in [1.54, 1.807) is 19.2 Å². The third-order valence-electron chi connectivity index (χ3n) is 3.64. The van der Waals surface area contributed by atoms with Crippen LogP contribution in [0.1, 0.15) is 12.5 Å². The first-order valence-corrected chi connectivity index (χ1v) is 7.54. The number of carbonyl (C=O) groups is 1. The number of hydrogen-bond acceptors (Lipinski definition) is 5. The Labute approximate surface area is 140 Å². The molecule has 0 saturated heterocycles. The molecule has 6 heteroatoms. The topological polar surface area (TPSA) is 69.2 Å². The monoisotopic (exact) mass is 326 g/mol. The summed E-state index contributed by atoms with van der Waals surface area (Å²) in [5, 5.41) is 4.12. The lowest BCUT2D eigenvalue weighted by Gasteiger charge is -2.24. The first-order chi connectivity index (χ1) is 11.7. The summed E-state index contributed by atoms with van der Waals surface area (Å²) in [6, 6.07) is 14.7. The molecule has 1 aliphatic heterocycles. The predicted octanol–water partition coefficient (Wildman–Crippen LogP) is 2.38. The molecular weight excluding hydrogens is 308 g/mol. The van der Waals surface area contributed by atoms with Crippen LogP contribution in [-0.4, -0.2) is 31.4 Å². The average molecular weight is 326 g/mol. The van der Waals surface area contributed by atoms with Gasteiger partial charge < -0.3 is 14.2 Å². The van der Waals surface area contributed by atoms with Crippen LogP contribution in [0.15, 0.2) is 53.6 Å². The lowest BCUT2D eigenvalue weighted by Crippen LogP contribution is -2.42. The summed E-state index contributed by atoms with van der Waals surface area (Å²) in [5.41, 5.74) is 4.10. The molecule has 0 fully saturated rings. The molecule has 2 aromatic carbocycles. The molecule has 0 spiro atoms. The number of ether oxygens (including phenoxy) is 3. The van der Waals surface area contributed by atoms with Gasteiger partial charge in [-0.05, 0) is 48.9 Å². The highest BCUT2D eigenvalue weighted by molar-refractivity contribution is 5.99. The maximum Gasteiger partial charge on any atom is 0.284 e. The highest BCUT2D eigenvalue weighted by Crippen LogP contribution is 2.30. The molecule has 24 heavy (non-hydrogen) atoms. The van der Waals surface area contributed by atoms with Crippen molar-refractivity contribution in [2.45, 2.75) is 13.0 Å². The van der Waals surface area contributed by atoms with E-state index in [1.165, 1.54) is 0 Å². The lowest BCUT2D eigenvalue weighted by molar-refractivity contribution is -0.130. The van der Waals surface area contributed by atoms with E-state index >= 15 is 0 Å². The SMILES string of the molecule is COc1ccc(/C(C)=N\NC(=O)[C@@H]2COc3ccccc3O2)cc1. The fourth-order valence-electron chi connectivity index (χ4n) is 2.26. The van der Waals surface area contributed by atoms with E-state index in [0.717, 1.165) is 11.3 Å². The molecule has 0 aliphatic carbocycles. The second kappa shape index (κ2) is 7.04. The molecule has 124 valence electrons. The maximum absolute atomic E-state index is 12.2. The second-order valence-electron chi connectivity index (χ2n) is 5.27. The fraction of sp³-hybridized carbons (Fsp3) is 0.222. The number of hydrazone groups is 1. The van der Waals surface area contributed by atoms with Crippen LogP contribution in [0.4, 0.5) is 0 Å². The number of para-hydroxylation sites is 2. The molecule has 1 N–H and O–H groups in total. The average Bonchev–Trinajstić information content (AvgIpc) is 2.65. The Bertz CT molecular complexity index is 756. The molecule has 6 nitrogen and oxygen atoms in total. The van der Waals surface area contributed by atoms with Gasteiger partial charge in [0.15, 0.2) is 11.5 Å². The van der Waals surface area contributed by atoms with Crippen molar-refractivity contribution in [3.8, 4) is 17.2 Å². The van der Waals surface area contributed by atoms with E-state index in [-0.39, 0.29) is 12.5 Å². The molecule has 1 atom stereocenters. The largest absolute Gasteiger partial charge is 0.497 e. The number of nitrogens with zero attached hydrogens (tertiary/aromatic N) is 1. The number of fused-ring (bicyclic) bond motifs is 1. The minimum absolute atomic E-state index is 0.153. The number of carbonyl (C=O) groups excluding carboxylic acids is 1. The van der Waals surface area contributed by atoms with Crippen LogP contribution in [0.25, 0.3) is 0 Å². The number of methoxy groups -OCH3 is 1. The summed E-state index contributed by atoms with van der Waals surface area (Å²) in [4.78, 5) is 12.2. The van der Waals surface area contributed by atoms with Crippen molar-refractivity contribution in [3.63, 3.8) is 0 Å². The molecule has 1 aliphatic rings. The minimum Gasteiger partial charge on any atom is -0.497 e. The van der Waals surface area contributed by atoms with Crippen molar-refractivity contribution < 1.29 is 19.0 Å². The van der Waals surface area contributed by atoms with Gasteiger partial charge in [0.2, 0.25) is 6.10 Å². The standard InChI is InChI=1S/C18H18N2O4/c1-12(13-7-9-14(22-2)10-8-13)19-20-18(21)17-11-23-15-5-3-4-6-16(15)24-17/h3-10,17H,11H2,1-2H3,(H,20,21)/b19-12-/t17-/m0/s1. The fourth-order valence-corrected chi connectivity index (χ4v) is 2.26. The maximum atomic E-state index is 12.2. The van der Waals surface area contributed by atoms with Crippen LogP contribution in [0.5, 0.6) is 17.2 Å². The lowest BCUT2D eigenvalue weighted by atomic mass is 10.1. The third-order valence-corrected chi connectivity index (χ3v) is 3.64. The van der Waals surface area contributed by atoms with Crippen molar-refractivity contribution in [3.05, 3.63) is 54.1 Å². The zero-order chi connectivity index (χ0) is 16.9. The summed E-state index contributed by atoms with van der Waals surface area (Å²) >= 11 is 0. The van der Waals surface area contributed by atoms with E-state index < -0.39 is 6.10 Å². The smallest absolute Gasteiger partial charge is 0.284 e. The van der Waals surface area contributed by atoms with Crippen molar-refractivity contribution >= 4 is 11.6 Å². The second-order valence-corrected chi connectivity index (χ2v) is 5.27. The summed E-state index contributed by atoms with van der Waals surface area (Å²) in [6.45, 7) is 1.97. The molecule has 3 rings (SSSR count). The number of benzene rings is 2. The van der Waals surface area contributed by atoms with Gasteiger partial charge in [-0.3, -0.25) is 4.79 Å². The molecule has 0 bridgehead atoms. The van der Waals surface area contributed by atoms with Gasteiger partial charge in [-0.15, -0.1) is 0 Å². The van der Waals surface area contributed by atoms with E-state index in [2.05, 4.69) is 10.5 Å². The van der Waals surface area contributed by atoms with Gasteiger partial charge in [-0.1, -0.05) is 12.1 Å². The highest BCUT2D eigenvalue weighted by atomic mass is 16.6. The summed E-state index contributed by atoms with van der Waals surface area (Å²) in [6.07, 6.45) is -0.729. The van der Waals surface area contributed by atoms with Gasteiger partial charge in [0.1, 0.15) is 12.4 Å². The van der Waals surface area contributed by atoms with E-state index in [0.29, 0.717) is 17.2 Å². The van der Waals surface area contributed by atoms with Crippen molar-refractivity contribution in [2.75, 3.05) is 13.7 Å². The zero-order valence-electron chi connectivity index (χ0n) is 13.5. The third kappa shape index (κ3) is 3.48. The predicted molar refractivity (Wildman–Crippen MR) is 89.7 cm³/mol. The first-order valence-electron chi connectivity index (χ1n) is 7.54. The van der Waals surface area contributed by atoms with E-state index in [4.69, 9.17) is 14.2 Å². The van der Waals surface area contributed by atoms with Crippen LogP contribution in [-0.2, 0) is 4.79 Å². The van der Waals surface area contributed by atoms with Gasteiger partial charge in [0.05, 0.1) is 12.8 Å². The summed E-state index contributed by atoms with van der Waals surface area (Å²) in [5.74, 6) is 1.61. The van der Waals surface area contributed by atoms with Crippen molar-refractivity contribution in [1.82, 2.24) is 5.43 Å². The Morgan fingerprint density at radius 2 is 1.88 bits per heavy atom. The Morgan fingerprint density at radius 3 is 2.58 bits per heavy atom. The summed E-state index contributed by atoms with van der Waals surface area (Å²) < 4.78 is 16.3. The number of amides is 1. The molecule has 0 aromatic heterocycles. The quantitative estimate of drug-likeness (QED) is 0.692. The normalized spacial score (nSPS) is 16.4. The van der Waals surface area contributed by atoms with Crippen LogP contribution in [0.2, 0.25) is 0 Å². The van der Waals surface area contributed by atoms with Gasteiger partial charge in [0, 0.05) is 0 Å². The number of rotatable bonds is 4. The molecule has 1 amide bonds. The van der Waals surface area contributed by atoms with Crippen LogP contribution < -0.4 is 19.6 Å². The van der Waals surface area contributed by atoms with Gasteiger partial charge in [0.25, 0.3) is 5.91 Å². The Kier molecular flexibility index (Phi) is 4.65. The Balaban J connectivity index is 1.62. The Morgan fingerprint density at radius 1 is 1.17 bits per heavy atom. The molecule has 2 aromatic rings. The van der Waals surface area contributed by atoms with Crippen LogP contribution in [0.3, 0.4) is 0 Å². The van der Waals surface area contributed by atoms with Crippen molar-refractivity contribution in [1.29, 1.82) is 0 Å². The summed E-state index contributed by atoms with van der Waals surface area (Å²) in [7, 11) is 1.61. The van der Waals surface area contributed by atoms with E-state index in [9.17, 15) is 4.79 Å². The number of nitrogens with one attached hydrogen (secondary N) is 1. The van der Waals surface area contributed by atoms with Crippen LogP contribution >= 0.6 is 0 Å². The molecule has 0 saturated carbocycles. The Hall–Kier alpha value is -3.02. The van der Waals surface area contributed by atoms with Gasteiger partial charge in [-0.25, -0.2) is 5.43 Å². The van der Waals surface area contributed by atoms with Gasteiger partial charge in [-0.2, -0.15) is 5.10 Å². The minimum atomic E-state index is -0.729. The highest BCUT2D eigenvalue weighted by Gasteiger charge is 2.27.